The smallest absolute Gasteiger partial charge is 0.207 e. The van der Waals surface area contributed by atoms with Crippen LogP contribution in [0.15, 0.2) is 108 Å². The summed E-state index contributed by atoms with van der Waals surface area (Å²) in [6.07, 6.45) is -4.86. The molecule has 0 amide bonds. The highest BCUT2D eigenvalue weighted by Gasteiger charge is 2.35. The molecule has 6 aromatic carbocycles. The zero-order valence-electron chi connectivity index (χ0n) is 27.4. The van der Waals surface area contributed by atoms with Gasteiger partial charge in [0, 0.05) is 11.1 Å². The van der Waals surface area contributed by atoms with E-state index in [1.807, 2.05) is 66.7 Å². The average molecular weight is 699 g/mol. The molecular weight excluding hydrogens is 680 g/mol. The number of alkyl halides is 3. The van der Waals surface area contributed by atoms with Crippen LogP contribution in [0, 0.1) is 63.9 Å². The van der Waals surface area contributed by atoms with Gasteiger partial charge in [-0.05, 0) is 145 Å². The first-order valence-corrected chi connectivity index (χ1v) is 16.1. The number of hydrogen-bond acceptors (Lipinski definition) is 4. The molecule has 0 unspecified atom stereocenters. The van der Waals surface area contributed by atoms with Crippen molar-refractivity contribution >= 4 is 21.9 Å². The van der Waals surface area contributed by atoms with Crippen molar-refractivity contribution in [2.24, 2.45) is 0 Å². The van der Waals surface area contributed by atoms with Crippen molar-refractivity contribution in [3.05, 3.63) is 153 Å². The van der Waals surface area contributed by atoms with Crippen LogP contribution >= 0.6 is 0 Å². The van der Waals surface area contributed by atoms with Crippen molar-refractivity contribution in [2.75, 3.05) is 0 Å². The Morgan fingerprint density at radius 2 is 0.830 bits per heavy atom. The number of fused-ring (bicyclic) bond motifs is 7. The first kappa shape index (κ1) is 32.9. The maximum absolute atomic E-state index is 14.6. The lowest BCUT2D eigenvalue weighted by Gasteiger charge is -2.11. The minimum atomic E-state index is -4.86. The van der Waals surface area contributed by atoms with Crippen LogP contribution in [-0.2, 0) is 6.18 Å². The Kier molecular flexibility index (Phi) is 7.37. The zero-order valence-corrected chi connectivity index (χ0v) is 27.4. The minimum Gasteiger partial charge on any atom is -0.207 e. The number of allylic oxidation sites excluding steroid dienone is 2. The van der Waals surface area contributed by atoms with Gasteiger partial charge in [0.2, 0.25) is 0 Å². The number of rotatable bonds is 2. The van der Waals surface area contributed by atoms with Crippen molar-refractivity contribution in [2.45, 2.75) is 13.1 Å². The normalized spacial score (nSPS) is 12.2. The molecule has 0 saturated heterocycles. The maximum atomic E-state index is 14.6. The molecule has 0 spiro atoms. The van der Waals surface area contributed by atoms with Crippen LogP contribution < -0.4 is 0 Å². The van der Waals surface area contributed by atoms with Crippen LogP contribution in [0.5, 0.6) is 0 Å². The second kappa shape index (κ2) is 11.9. The van der Waals surface area contributed by atoms with Gasteiger partial charge >= 0.3 is 6.18 Å². The van der Waals surface area contributed by atoms with Crippen LogP contribution in [0.25, 0.3) is 66.4 Å². The summed E-state index contributed by atoms with van der Waals surface area (Å²) in [6.45, 7) is 1.67. The molecule has 4 nitrogen and oxygen atoms in total. The van der Waals surface area contributed by atoms with E-state index in [2.05, 4.69) is 0 Å². The number of aryl methyl sites for hydroxylation is 1. The van der Waals surface area contributed by atoms with Crippen molar-refractivity contribution in [1.29, 1.82) is 21.0 Å². The fraction of sp³-hybridized carbons (Fsp3) is 0.0455. The molecule has 250 valence electrons. The van der Waals surface area contributed by atoms with Gasteiger partial charge in [-0.3, -0.25) is 0 Å². The highest BCUT2D eigenvalue weighted by Crippen LogP contribution is 2.52. The number of nitrogens with zero attached hydrogens (tertiary/aromatic N) is 4. The van der Waals surface area contributed by atoms with Crippen molar-refractivity contribution in [3.63, 3.8) is 0 Å². The fourth-order valence-corrected chi connectivity index (χ4v) is 7.34. The highest BCUT2D eigenvalue weighted by atomic mass is 19.4. The Bertz CT molecular complexity index is 2870. The number of benzene rings is 6. The standard InChI is InChI=1S/C44H19F5N4/c1-22-2-3-25(16-40(22)45)23-4-7-31-33-12-27-15-38-34(13-28(27)14-37(33)42(35(31)10-23)29(18-50)19-51)32-8-5-24(11-36(32)43(38)30(20-52)21-53)26-6-9-39(41(46)17-26)44(47,48)49/h2-17H,1H3. The zero-order chi connectivity index (χ0) is 37.3. The number of nitriles is 4. The van der Waals surface area contributed by atoms with Gasteiger partial charge < -0.3 is 0 Å². The Hall–Kier alpha value is -7.33. The molecule has 0 aromatic heterocycles. The second-order valence-electron chi connectivity index (χ2n) is 12.8. The average Bonchev–Trinajstić information content (AvgIpc) is 3.62. The van der Waals surface area contributed by atoms with E-state index in [4.69, 9.17) is 0 Å². The predicted molar refractivity (Wildman–Crippen MR) is 190 cm³/mol. The Balaban J connectivity index is 1.32. The van der Waals surface area contributed by atoms with Gasteiger partial charge in [-0.1, -0.05) is 42.5 Å². The first-order chi connectivity index (χ1) is 25.4. The Labute approximate surface area is 299 Å². The van der Waals surface area contributed by atoms with E-state index in [1.165, 1.54) is 12.1 Å². The van der Waals surface area contributed by atoms with Gasteiger partial charge in [0.1, 0.15) is 47.1 Å². The summed E-state index contributed by atoms with van der Waals surface area (Å²) in [5.41, 5.74) is 6.78. The molecule has 0 radical (unpaired) electrons. The van der Waals surface area contributed by atoms with Crippen LogP contribution in [0.3, 0.4) is 0 Å². The van der Waals surface area contributed by atoms with Crippen molar-refractivity contribution in [3.8, 4) is 68.8 Å². The Morgan fingerprint density at radius 1 is 0.453 bits per heavy atom. The summed E-state index contributed by atoms with van der Waals surface area (Å²) < 4.78 is 68.8. The SMILES string of the molecule is Cc1ccc(-c2ccc3c(c2)C(=C(C#N)C#N)c2cc4cc5c(cc4cc2-3)C(=C(C#N)C#N)c2cc(-c3ccc(C(F)(F)F)c(F)c3)ccc2-5)cc1F. The highest BCUT2D eigenvalue weighted by molar-refractivity contribution is 6.12. The van der Waals surface area contributed by atoms with E-state index in [0.717, 1.165) is 28.0 Å². The molecule has 0 atom stereocenters. The lowest BCUT2D eigenvalue weighted by Crippen LogP contribution is -2.07. The van der Waals surface area contributed by atoms with Gasteiger partial charge in [-0.15, -0.1) is 0 Å². The third kappa shape index (κ3) is 5.07. The largest absolute Gasteiger partial charge is 0.419 e. The van der Waals surface area contributed by atoms with E-state index in [9.17, 15) is 43.0 Å². The van der Waals surface area contributed by atoms with E-state index in [1.54, 1.807) is 37.3 Å². The van der Waals surface area contributed by atoms with E-state index in [0.29, 0.717) is 72.8 Å². The van der Waals surface area contributed by atoms with Crippen molar-refractivity contribution < 1.29 is 22.0 Å². The molecule has 53 heavy (non-hydrogen) atoms. The predicted octanol–water partition coefficient (Wildman–Crippen LogP) is 11.4. The molecule has 8 rings (SSSR count). The van der Waals surface area contributed by atoms with Gasteiger partial charge in [0.25, 0.3) is 0 Å². The fourth-order valence-electron chi connectivity index (χ4n) is 7.34. The molecular formula is C44H19F5N4. The van der Waals surface area contributed by atoms with Crippen LogP contribution in [0.4, 0.5) is 22.0 Å². The van der Waals surface area contributed by atoms with Crippen LogP contribution in [0.1, 0.15) is 33.4 Å². The topological polar surface area (TPSA) is 95.2 Å². The minimum absolute atomic E-state index is 0.0896. The lowest BCUT2D eigenvalue weighted by atomic mass is 9.93. The van der Waals surface area contributed by atoms with Gasteiger partial charge in [-0.25, -0.2) is 8.78 Å². The quantitative estimate of drug-likeness (QED) is 0.133. The summed E-state index contributed by atoms with van der Waals surface area (Å²) in [4.78, 5) is 0. The number of hydrogen-bond donors (Lipinski definition) is 0. The van der Waals surface area contributed by atoms with Gasteiger partial charge in [0.15, 0.2) is 0 Å². The third-order valence-electron chi connectivity index (χ3n) is 9.87. The molecule has 2 aliphatic rings. The van der Waals surface area contributed by atoms with Gasteiger partial charge in [-0.2, -0.15) is 34.2 Å². The molecule has 0 saturated carbocycles. The van der Waals surface area contributed by atoms with E-state index >= 15 is 0 Å². The molecule has 6 aromatic rings. The monoisotopic (exact) mass is 698 g/mol. The molecule has 2 aliphatic carbocycles. The first-order valence-electron chi connectivity index (χ1n) is 16.1. The summed E-state index contributed by atoms with van der Waals surface area (Å²) >= 11 is 0. The lowest BCUT2D eigenvalue weighted by molar-refractivity contribution is -0.139. The summed E-state index contributed by atoms with van der Waals surface area (Å²) in [6, 6.07) is 33.7. The molecule has 0 bridgehead atoms. The van der Waals surface area contributed by atoms with Crippen molar-refractivity contribution in [1.82, 2.24) is 0 Å². The molecule has 0 N–H and O–H groups in total. The van der Waals surface area contributed by atoms with E-state index < -0.39 is 17.6 Å². The van der Waals surface area contributed by atoms with Crippen LogP contribution in [-0.4, -0.2) is 0 Å². The molecule has 0 aliphatic heterocycles. The number of halogens is 5. The van der Waals surface area contributed by atoms with E-state index in [-0.39, 0.29) is 22.5 Å². The summed E-state index contributed by atoms with van der Waals surface area (Å²) in [7, 11) is 0. The summed E-state index contributed by atoms with van der Waals surface area (Å²) in [5, 5.41) is 41.6. The van der Waals surface area contributed by atoms with Crippen LogP contribution in [0.2, 0.25) is 0 Å². The maximum Gasteiger partial charge on any atom is 0.419 e. The molecule has 0 heterocycles. The summed E-state index contributed by atoms with van der Waals surface area (Å²) in [5.74, 6) is -1.78. The molecule has 9 heteroatoms. The Morgan fingerprint density at radius 3 is 1.25 bits per heavy atom. The van der Waals surface area contributed by atoms with Gasteiger partial charge in [0.05, 0.1) is 5.56 Å². The third-order valence-corrected chi connectivity index (χ3v) is 9.87. The second-order valence-corrected chi connectivity index (χ2v) is 12.8. The molecule has 0 fully saturated rings.